The quantitative estimate of drug-likeness (QED) is 0.897. The summed E-state index contributed by atoms with van der Waals surface area (Å²) < 4.78 is 0. The highest BCUT2D eigenvalue weighted by molar-refractivity contribution is 5.81. The molecule has 0 bridgehead atoms. The van der Waals surface area contributed by atoms with E-state index in [2.05, 4.69) is 44.0 Å². The van der Waals surface area contributed by atoms with E-state index < -0.39 is 0 Å². The molecule has 0 saturated carbocycles. The molecule has 2 rings (SSSR count). The van der Waals surface area contributed by atoms with Crippen molar-refractivity contribution in [3.05, 3.63) is 35.9 Å². The van der Waals surface area contributed by atoms with Crippen LogP contribution in [0.2, 0.25) is 0 Å². The second-order valence-corrected chi connectivity index (χ2v) is 4.86. The third-order valence-electron chi connectivity index (χ3n) is 3.47. The van der Waals surface area contributed by atoms with Crippen LogP contribution in [0.1, 0.15) is 18.9 Å². The number of rotatable bonds is 4. The number of anilines is 1. The van der Waals surface area contributed by atoms with Crippen molar-refractivity contribution in [2.24, 2.45) is 5.73 Å². The van der Waals surface area contributed by atoms with Gasteiger partial charge in [0.05, 0.1) is 5.52 Å². The normalized spacial score (nSPS) is 12.7. The highest BCUT2D eigenvalue weighted by Gasteiger charge is 2.13. The lowest BCUT2D eigenvalue weighted by Crippen LogP contribution is -2.32. The van der Waals surface area contributed by atoms with Crippen LogP contribution >= 0.6 is 0 Å². The maximum absolute atomic E-state index is 5.63. The Kier molecular flexibility index (Phi) is 3.82. The topological polar surface area (TPSA) is 42.2 Å². The fraction of sp³-hybridized carbons (Fsp3) is 0.400. The number of nitrogens with two attached hydrogens (primary N) is 1. The van der Waals surface area contributed by atoms with E-state index in [1.807, 2.05) is 12.1 Å². The minimum Gasteiger partial charge on any atom is -0.357 e. The van der Waals surface area contributed by atoms with Gasteiger partial charge in [0.15, 0.2) is 0 Å². The summed E-state index contributed by atoms with van der Waals surface area (Å²) in [7, 11) is 2.09. The number of nitrogens with zero attached hydrogens (tertiary/aromatic N) is 2. The van der Waals surface area contributed by atoms with Gasteiger partial charge < -0.3 is 10.6 Å². The number of para-hydroxylation sites is 1. The minimum absolute atomic E-state index is 0.405. The van der Waals surface area contributed by atoms with Crippen LogP contribution in [-0.2, 0) is 0 Å². The van der Waals surface area contributed by atoms with Gasteiger partial charge in [-0.3, -0.25) is 0 Å². The number of pyridine rings is 1. The standard InChI is InChI=1S/C15H21N3/c1-11-10-13-6-4-5-7-14(13)17-15(11)18(3)12(2)8-9-16/h4-7,10,12H,8-9,16H2,1-3H3. The fourth-order valence-corrected chi connectivity index (χ4v) is 2.21. The molecule has 0 aliphatic heterocycles. The number of hydrogen-bond donors (Lipinski definition) is 1. The third-order valence-corrected chi connectivity index (χ3v) is 3.47. The lowest BCUT2D eigenvalue weighted by molar-refractivity contribution is 0.629. The monoisotopic (exact) mass is 243 g/mol. The zero-order valence-electron chi connectivity index (χ0n) is 11.4. The highest BCUT2D eigenvalue weighted by atomic mass is 15.2. The van der Waals surface area contributed by atoms with Crippen molar-refractivity contribution >= 4 is 16.7 Å². The molecule has 0 spiro atoms. The number of fused-ring (bicyclic) bond motifs is 1. The molecule has 0 fully saturated rings. The fourth-order valence-electron chi connectivity index (χ4n) is 2.21. The van der Waals surface area contributed by atoms with E-state index in [4.69, 9.17) is 10.7 Å². The van der Waals surface area contributed by atoms with Crippen LogP contribution < -0.4 is 10.6 Å². The Balaban J connectivity index is 2.41. The van der Waals surface area contributed by atoms with Gasteiger partial charge >= 0.3 is 0 Å². The summed E-state index contributed by atoms with van der Waals surface area (Å²) in [5.41, 5.74) is 7.88. The maximum Gasteiger partial charge on any atom is 0.132 e. The molecule has 1 heterocycles. The lowest BCUT2D eigenvalue weighted by atomic mass is 10.1. The first kappa shape index (κ1) is 12.8. The molecule has 2 N–H and O–H groups in total. The van der Waals surface area contributed by atoms with Gasteiger partial charge in [0.1, 0.15) is 5.82 Å². The SMILES string of the molecule is Cc1cc2ccccc2nc1N(C)C(C)CCN. The summed E-state index contributed by atoms with van der Waals surface area (Å²) >= 11 is 0. The van der Waals surface area contributed by atoms with Crippen LogP contribution in [-0.4, -0.2) is 24.6 Å². The van der Waals surface area contributed by atoms with Gasteiger partial charge in [-0.05, 0) is 44.5 Å². The summed E-state index contributed by atoms with van der Waals surface area (Å²) in [6.07, 6.45) is 0.977. The molecule has 0 saturated heterocycles. The summed E-state index contributed by atoms with van der Waals surface area (Å²) in [5.74, 6) is 1.05. The van der Waals surface area contributed by atoms with E-state index in [9.17, 15) is 0 Å². The van der Waals surface area contributed by atoms with Crippen LogP contribution in [0.5, 0.6) is 0 Å². The van der Waals surface area contributed by atoms with Crippen LogP contribution in [0.3, 0.4) is 0 Å². The van der Waals surface area contributed by atoms with Crippen molar-refractivity contribution in [1.82, 2.24) is 4.98 Å². The van der Waals surface area contributed by atoms with E-state index in [0.29, 0.717) is 12.6 Å². The molecular weight excluding hydrogens is 222 g/mol. The average Bonchev–Trinajstić information content (AvgIpc) is 2.37. The minimum atomic E-state index is 0.405. The number of aromatic nitrogens is 1. The predicted molar refractivity (Wildman–Crippen MR) is 78.0 cm³/mol. The van der Waals surface area contributed by atoms with Gasteiger partial charge in [0.2, 0.25) is 0 Å². The molecule has 1 atom stereocenters. The Morgan fingerprint density at radius 2 is 2.06 bits per heavy atom. The first-order valence-electron chi connectivity index (χ1n) is 6.42. The number of benzene rings is 1. The van der Waals surface area contributed by atoms with Crippen molar-refractivity contribution in [2.75, 3.05) is 18.5 Å². The molecule has 0 aliphatic rings. The molecule has 3 heteroatoms. The number of aryl methyl sites for hydroxylation is 1. The van der Waals surface area contributed by atoms with Crippen molar-refractivity contribution in [1.29, 1.82) is 0 Å². The van der Waals surface area contributed by atoms with Crippen molar-refractivity contribution in [2.45, 2.75) is 26.3 Å². The third kappa shape index (κ3) is 2.46. The molecule has 1 aromatic heterocycles. The lowest BCUT2D eigenvalue weighted by Gasteiger charge is -2.27. The zero-order valence-corrected chi connectivity index (χ0v) is 11.4. The predicted octanol–water partition coefficient (Wildman–Crippen LogP) is 2.72. The average molecular weight is 243 g/mol. The summed E-state index contributed by atoms with van der Waals surface area (Å²) in [5, 5.41) is 1.19. The van der Waals surface area contributed by atoms with Gasteiger partial charge in [0.25, 0.3) is 0 Å². The van der Waals surface area contributed by atoms with E-state index in [1.165, 1.54) is 10.9 Å². The van der Waals surface area contributed by atoms with Crippen LogP contribution in [0, 0.1) is 6.92 Å². The van der Waals surface area contributed by atoms with Gasteiger partial charge in [-0.1, -0.05) is 18.2 Å². The Bertz CT molecular complexity index is 536. The van der Waals surface area contributed by atoms with Gasteiger partial charge in [-0.25, -0.2) is 4.98 Å². The molecule has 18 heavy (non-hydrogen) atoms. The van der Waals surface area contributed by atoms with Crippen LogP contribution in [0.4, 0.5) is 5.82 Å². The number of hydrogen-bond acceptors (Lipinski definition) is 3. The Morgan fingerprint density at radius 1 is 1.33 bits per heavy atom. The second-order valence-electron chi connectivity index (χ2n) is 4.86. The van der Waals surface area contributed by atoms with Gasteiger partial charge in [-0.2, -0.15) is 0 Å². The largest absolute Gasteiger partial charge is 0.357 e. The summed E-state index contributed by atoms with van der Waals surface area (Å²) in [4.78, 5) is 6.98. The van der Waals surface area contributed by atoms with E-state index in [1.54, 1.807) is 0 Å². The van der Waals surface area contributed by atoms with Gasteiger partial charge in [-0.15, -0.1) is 0 Å². The van der Waals surface area contributed by atoms with Crippen molar-refractivity contribution in [3.63, 3.8) is 0 Å². The molecular formula is C15H21N3. The first-order valence-corrected chi connectivity index (χ1v) is 6.42. The molecule has 96 valence electrons. The van der Waals surface area contributed by atoms with Crippen LogP contribution in [0.25, 0.3) is 10.9 Å². The van der Waals surface area contributed by atoms with Crippen LogP contribution in [0.15, 0.2) is 30.3 Å². The smallest absolute Gasteiger partial charge is 0.132 e. The maximum atomic E-state index is 5.63. The van der Waals surface area contributed by atoms with E-state index >= 15 is 0 Å². The molecule has 1 unspecified atom stereocenters. The van der Waals surface area contributed by atoms with Crippen molar-refractivity contribution in [3.8, 4) is 0 Å². The molecule has 2 aromatic rings. The Hall–Kier alpha value is -1.61. The summed E-state index contributed by atoms with van der Waals surface area (Å²) in [6, 6.07) is 10.8. The highest BCUT2D eigenvalue weighted by Crippen LogP contribution is 2.23. The van der Waals surface area contributed by atoms with E-state index in [0.717, 1.165) is 17.8 Å². The first-order chi connectivity index (χ1) is 8.63. The van der Waals surface area contributed by atoms with Gasteiger partial charge in [0, 0.05) is 18.5 Å². The molecule has 0 aliphatic carbocycles. The second kappa shape index (κ2) is 5.36. The van der Waals surface area contributed by atoms with E-state index in [-0.39, 0.29) is 0 Å². The molecule has 3 nitrogen and oxygen atoms in total. The zero-order chi connectivity index (χ0) is 13.1. The molecule has 0 radical (unpaired) electrons. The van der Waals surface area contributed by atoms with Crippen molar-refractivity contribution < 1.29 is 0 Å². The Morgan fingerprint density at radius 3 is 2.78 bits per heavy atom. The molecule has 1 aromatic carbocycles. The Labute approximate surface area is 109 Å². The molecule has 0 amide bonds. The summed E-state index contributed by atoms with van der Waals surface area (Å²) in [6.45, 7) is 5.00.